The van der Waals surface area contributed by atoms with E-state index in [1.54, 1.807) is 17.8 Å². The maximum absolute atomic E-state index is 14.6. The second-order valence-corrected chi connectivity index (χ2v) is 9.03. The minimum absolute atomic E-state index is 0. The normalized spacial score (nSPS) is 15.9. The van der Waals surface area contributed by atoms with Crippen LogP contribution in [0.4, 0.5) is 10.1 Å². The second-order valence-electron chi connectivity index (χ2n) is 7.52. The Hall–Kier alpha value is -0.740. The lowest BCUT2D eigenvalue weighted by Gasteiger charge is -2.31. The average molecular weight is 524 g/mol. The van der Waals surface area contributed by atoms with Gasteiger partial charge in [0, 0.05) is 30.9 Å². The number of nitrogens with one attached hydrogen (secondary N) is 2. The van der Waals surface area contributed by atoms with Gasteiger partial charge in [-0.2, -0.15) is 11.8 Å². The number of nitrogens with zero attached hydrogens (tertiary/aromatic N) is 2. The van der Waals surface area contributed by atoms with Crippen molar-refractivity contribution < 1.29 is 9.50 Å². The van der Waals surface area contributed by atoms with Gasteiger partial charge in [0.1, 0.15) is 5.82 Å². The van der Waals surface area contributed by atoms with E-state index in [4.69, 9.17) is 0 Å². The molecule has 0 spiro atoms. The second kappa shape index (κ2) is 12.1. The summed E-state index contributed by atoms with van der Waals surface area (Å²) in [5, 5.41) is 16.2. The van der Waals surface area contributed by atoms with Crippen LogP contribution in [-0.2, 0) is 6.54 Å². The van der Waals surface area contributed by atoms with Gasteiger partial charge in [0.15, 0.2) is 5.96 Å². The third kappa shape index (κ3) is 7.94. The van der Waals surface area contributed by atoms with E-state index in [0.717, 1.165) is 24.6 Å². The van der Waals surface area contributed by atoms with Gasteiger partial charge in [0.25, 0.3) is 0 Å². The predicted octanol–water partition coefficient (Wildman–Crippen LogP) is 3.60. The van der Waals surface area contributed by atoms with Crippen molar-refractivity contribution in [3.05, 3.63) is 29.6 Å². The van der Waals surface area contributed by atoms with Crippen LogP contribution in [0.15, 0.2) is 23.2 Å². The van der Waals surface area contributed by atoms with Crippen LogP contribution < -0.4 is 15.5 Å². The molecule has 160 valence electrons. The molecular weight excluding hydrogens is 490 g/mol. The van der Waals surface area contributed by atoms with Crippen molar-refractivity contribution in [3.8, 4) is 0 Å². The van der Waals surface area contributed by atoms with Crippen LogP contribution in [0.25, 0.3) is 0 Å². The van der Waals surface area contributed by atoms with E-state index < -0.39 is 0 Å². The molecule has 1 fully saturated rings. The van der Waals surface area contributed by atoms with Gasteiger partial charge in [-0.05, 0) is 57.6 Å². The van der Waals surface area contributed by atoms with Gasteiger partial charge in [-0.25, -0.2) is 9.38 Å². The number of aliphatic imine (C=N–C) groups is 1. The highest BCUT2D eigenvalue weighted by molar-refractivity contribution is 14.0. The smallest absolute Gasteiger partial charge is 0.191 e. The number of thioether (sulfide) groups is 1. The SMILES string of the molecule is CCNC(=NCc1ccc(N2CCC(O)CC2)c(F)c1)NCC(C)(C)SC.I. The first-order valence-corrected chi connectivity index (χ1v) is 10.9. The molecule has 0 amide bonds. The summed E-state index contributed by atoms with van der Waals surface area (Å²) in [5.41, 5.74) is 1.45. The van der Waals surface area contributed by atoms with Crippen LogP contribution in [0.3, 0.4) is 0 Å². The molecule has 0 bridgehead atoms. The fourth-order valence-corrected chi connectivity index (χ4v) is 3.11. The van der Waals surface area contributed by atoms with E-state index in [2.05, 4.69) is 35.7 Å². The standard InChI is InChI=1S/C20H33FN4OS.HI/c1-5-22-19(24-14-20(2,3)27-4)23-13-15-6-7-18(17(21)12-15)25-10-8-16(26)9-11-25;/h6-7,12,16,26H,5,8-11,13-14H2,1-4H3,(H2,22,23,24);1H. The molecule has 0 saturated carbocycles. The number of rotatable bonds is 7. The fraction of sp³-hybridized carbons (Fsp3) is 0.650. The Morgan fingerprint density at radius 1 is 1.32 bits per heavy atom. The first-order valence-electron chi connectivity index (χ1n) is 9.63. The van der Waals surface area contributed by atoms with Gasteiger partial charge in [0.2, 0.25) is 0 Å². The highest BCUT2D eigenvalue weighted by Gasteiger charge is 2.20. The molecule has 5 nitrogen and oxygen atoms in total. The minimum Gasteiger partial charge on any atom is -0.393 e. The largest absolute Gasteiger partial charge is 0.393 e. The topological polar surface area (TPSA) is 59.9 Å². The Balaban J connectivity index is 0.00000392. The Bertz CT molecular complexity index is 637. The van der Waals surface area contributed by atoms with E-state index >= 15 is 0 Å². The number of aliphatic hydroxyl groups excluding tert-OH is 1. The molecule has 0 atom stereocenters. The molecule has 1 aliphatic rings. The van der Waals surface area contributed by atoms with E-state index in [0.29, 0.717) is 38.2 Å². The molecule has 1 saturated heterocycles. The Labute approximate surface area is 190 Å². The van der Waals surface area contributed by atoms with E-state index in [1.807, 2.05) is 24.0 Å². The summed E-state index contributed by atoms with van der Waals surface area (Å²) in [4.78, 5) is 6.59. The number of aliphatic hydroxyl groups is 1. The minimum atomic E-state index is -0.258. The number of hydrogen-bond donors (Lipinski definition) is 3. The molecule has 2 rings (SSSR count). The number of hydrogen-bond acceptors (Lipinski definition) is 4. The zero-order chi connectivity index (χ0) is 19.9. The highest BCUT2D eigenvalue weighted by atomic mass is 127. The van der Waals surface area contributed by atoms with Crippen molar-refractivity contribution in [1.29, 1.82) is 0 Å². The Morgan fingerprint density at radius 3 is 2.57 bits per heavy atom. The van der Waals surface area contributed by atoms with Gasteiger partial charge >= 0.3 is 0 Å². The predicted molar refractivity (Wildman–Crippen MR) is 130 cm³/mol. The molecule has 1 aromatic carbocycles. The zero-order valence-corrected chi connectivity index (χ0v) is 20.4. The van der Waals surface area contributed by atoms with Crippen molar-refractivity contribution in [2.24, 2.45) is 4.99 Å². The van der Waals surface area contributed by atoms with E-state index in [9.17, 15) is 9.50 Å². The van der Waals surface area contributed by atoms with Crippen molar-refractivity contribution in [3.63, 3.8) is 0 Å². The Kier molecular flexibility index (Phi) is 10.9. The fourth-order valence-electron chi connectivity index (χ4n) is 2.89. The van der Waals surface area contributed by atoms with Gasteiger partial charge in [-0.15, -0.1) is 24.0 Å². The molecular formula is C20H34FIN4OS. The summed E-state index contributed by atoms with van der Waals surface area (Å²) < 4.78 is 14.7. The highest BCUT2D eigenvalue weighted by Crippen LogP contribution is 2.24. The molecule has 0 aromatic heterocycles. The lowest BCUT2D eigenvalue weighted by molar-refractivity contribution is 0.145. The van der Waals surface area contributed by atoms with Crippen LogP contribution in [-0.4, -0.2) is 54.4 Å². The quantitative estimate of drug-likeness (QED) is 0.289. The average Bonchev–Trinajstić information content (AvgIpc) is 2.65. The van der Waals surface area contributed by atoms with Crippen LogP contribution in [0.2, 0.25) is 0 Å². The molecule has 28 heavy (non-hydrogen) atoms. The van der Waals surface area contributed by atoms with Crippen molar-refractivity contribution in [2.75, 3.05) is 37.3 Å². The van der Waals surface area contributed by atoms with Crippen molar-refractivity contribution in [2.45, 2.75) is 51.0 Å². The molecule has 3 N–H and O–H groups in total. The van der Waals surface area contributed by atoms with Crippen LogP contribution in [0, 0.1) is 5.82 Å². The number of anilines is 1. The number of piperidine rings is 1. The summed E-state index contributed by atoms with van der Waals surface area (Å²) >= 11 is 1.80. The third-order valence-electron chi connectivity index (χ3n) is 4.82. The molecule has 8 heteroatoms. The number of benzene rings is 1. The van der Waals surface area contributed by atoms with Crippen molar-refractivity contribution in [1.82, 2.24) is 10.6 Å². The van der Waals surface area contributed by atoms with Gasteiger partial charge in [-0.1, -0.05) is 6.07 Å². The van der Waals surface area contributed by atoms with Crippen LogP contribution in [0.1, 0.15) is 39.2 Å². The molecule has 0 radical (unpaired) electrons. The molecule has 1 aromatic rings. The summed E-state index contributed by atoms with van der Waals surface area (Å²) in [5.74, 6) is 0.523. The van der Waals surface area contributed by atoms with Gasteiger partial charge in [0.05, 0.1) is 18.3 Å². The molecule has 1 aliphatic heterocycles. The maximum atomic E-state index is 14.6. The maximum Gasteiger partial charge on any atom is 0.191 e. The lowest BCUT2D eigenvalue weighted by Crippen LogP contribution is -2.43. The number of guanidine groups is 1. The number of halogens is 2. The summed E-state index contributed by atoms with van der Waals surface area (Å²) in [7, 11) is 0. The lowest BCUT2D eigenvalue weighted by atomic mass is 10.1. The monoisotopic (exact) mass is 524 g/mol. The van der Waals surface area contributed by atoms with Crippen LogP contribution in [0.5, 0.6) is 0 Å². The van der Waals surface area contributed by atoms with Crippen LogP contribution >= 0.6 is 35.7 Å². The zero-order valence-electron chi connectivity index (χ0n) is 17.3. The van der Waals surface area contributed by atoms with E-state index in [1.165, 1.54) is 0 Å². The summed E-state index contributed by atoms with van der Waals surface area (Å²) in [6.07, 6.45) is 3.22. The van der Waals surface area contributed by atoms with E-state index in [-0.39, 0.29) is 40.6 Å². The summed E-state index contributed by atoms with van der Waals surface area (Å²) in [6, 6.07) is 5.33. The first kappa shape index (κ1) is 25.3. The first-order chi connectivity index (χ1) is 12.8. The molecule has 1 heterocycles. The molecule has 0 aliphatic carbocycles. The molecule has 0 unspecified atom stereocenters. The third-order valence-corrected chi connectivity index (χ3v) is 6.06. The van der Waals surface area contributed by atoms with Gasteiger partial charge < -0.3 is 20.6 Å². The summed E-state index contributed by atoms with van der Waals surface area (Å²) in [6.45, 7) is 9.77. The van der Waals surface area contributed by atoms with Crippen molar-refractivity contribution >= 4 is 47.4 Å². The van der Waals surface area contributed by atoms with Gasteiger partial charge in [-0.3, -0.25) is 0 Å². The Morgan fingerprint density at radius 2 is 2.00 bits per heavy atom.